The summed E-state index contributed by atoms with van der Waals surface area (Å²) < 4.78 is 47.4. The van der Waals surface area contributed by atoms with Crippen LogP contribution >= 0.6 is 11.8 Å². The predicted octanol–water partition coefficient (Wildman–Crippen LogP) is 3.90. The molecule has 1 aromatic carbocycles. The third-order valence-electron chi connectivity index (χ3n) is 3.03. The molecule has 0 bridgehead atoms. The molecule has 0 heterocycles. The fourth-order valence-electron chi connectivity index (χ4n) is 1.92. The lowest BCUT2D eigenvalue weighted by atomic mass is 10.1. The Kier molecular flexibility index (Phi) is 7.89. The van der Waals surface area contributed by atoms with Crippen LogP contribution in [0.25, 0.3) is 0 Å². The van der Waals surface area contributed by atoms with Crippen molar-refractivity contribution >= 4 is 11.8 Å². The van der Waals surface area contributed by atoms with Gasteiger partial charge in [-0.2, -0.15) is 13.2 Å². The van der Waals surface area contributed by atoms with Crippen LogP contribution in [-0.4, -0.2) is 39.2 Å². The summed E-state index contributed by atoms with van der Waals surface area (Å²) in [7, 11) is 3.08. The molecule has 126 valence electrons. The van der Waals surface area contributed by atoms with Crippen LogP contribution in [0.15, 0.2) is 17.0 Å². The zero-order valence-electron chi connectivity index (χ0n) is 13.0. The number of thioether (sulfide) groups is 1. The maximum absolute atomic E-state index is 12.2. The lowest BCUT2D eigenvalue weighted by Crippen LogP contribution is -2.16. The minimum Gasteiger partial charge on any atom is -0.496 e. The lowest BCUT2D eigenvalue weighted by Gasteiger charge is -2.15. The van der Waals surface area contributed by atoms with Crippen LogP contribution in [0.3, 0.4) is 0 Å². The predicted molar refractivity (Wildman–Crippen MR) is 83.2 cm³/mol. The van der Waals surface area contributed by atoms with E-state index in [0.717, 1.165) is 36.8 Å². The van der Waals surface area contributed by atoms with Gasteiger partial charge in [0.2, 0.25) is 0 Å². The van der Waals surface area contributed by atoms with Crippen LogP contribution in [0.4, 0.5) is 13.2 Å². The van der Waals surface area contributed by atoms with Gasteiger partial charge in [0.05, 0.1) is 25.5 Å². The lowest BCUT2D eigenvalue weighted by molar-refractivity contribution is -0.129. The Bertz CT molecular complexity index is 467. The highest BCUT2D eigenvalue weighted by Gasteiger charge is 2.26. The number of methoxy groups -OCH3 is 2. The fraction of sp³-hybridized carbons (Fsp3) is 0.600. The van der Waals surface area contributed by atoms with Crippen molar-refractivity contribution in [3.05, 3.63) is 17.7 Å². The van der Waals surface area contributed by atoms with Gasteiger partial charge in [-0.25, -0.2) is 0 Å². The molecule has 0 unspecified atom stereocenters. The minimum absolute atomic E-state index is 0.0419. The second-order valence-electron chi connectivity index (χ2n) is 4.63. The van der Waals surface area contributed by atoms with E-state index in [9.17, 15) is 13.2 Å². The maximum Gasteiger partial charge on any atom is 0.389 e. The van der Waals surface area contributed by atoms with Gasteiger partial charge in [0.25, 0.3) is 0 Å². The van der Waals surface area contributed by atoms with Crippen LogP contribution < -0.4 is 14.8 Å². The van der Waals surface area contributed by atoms with Crippen LogP contribution in [0.5, 0.6) is 11.5 Å². The van der Waals surface area contributed by atoms with Crippen molar-refractivity contribution < 1.29 is 22.6 Å². The molecular formula is C15H22F3NO2S. The number of hydrogen-bond acceptors (Lipinski definition) is 4. The van der Waals surface area contributed by atoms with Gasteiger partial charge in [0.15, 0.2) is 0 Å². The van der Waals surface area contributed by atoms with E-state index in [0.29, 0.717) is 16.4 Å². The first-order valence-corrected chi connectivity index (χ1v) is 8.05. The number of nitrogens with one attached hydrogen (secondary N) is 1. The minimum atomic E-state index is -4.14. The molecule has 7 heteroatoms. The van der Waals surface area contributed by atoms with Gasteiger partial charge in [-0.1, -0.05) is 6.92 Å². The van der Waals surface area contributed by atoms with E-state index < -0.39 is 12.6 Å². The highest BCUT2D eigenvalue weighted by molar-refractivity contribution is 7.99. The molecule has 1 rings (SSSR count). The third kappa shape index (κ3) is 6.36. The summed E-state index contributed by atoms with van der Waals surface area (Å²) in [6.07, 6.45) is -4.21. The Morgan fingerprint density at radius 2 is 1.82 bits per heavy atom. The van der Waals surface area contributed by atoms with Crippen molar-refractivity contribution in [1.82, 2.24) is 5.32 Å². The summed E-state index contributed by atoms with van der Waals surface area (Å²) in [6.45, 7) is 3.71. The summed E-state index contributed by atoms with van der Waals surface area (Å²) in [5.74, 6) is 1.22. The first-order valence-electron chi connectivity index (χ1n) is 7.06. The number of rotatable bonds is 9. The number of ether oxygens (including phenoxy) is 2. The molecule has 0 aromatic heterocycles. The van der Waals surface area contributed by atoms with Crippen LogP contribution in [-0.2, 0) is 6.42 Å². The Labute approximate surface area is 133 Å². The molecule has 0 radical (unpaired) electrons. The summed E-state index contributed by atoms with van der Waals surface area (Å²) >= 11 is 1.12. The van der Waals surface area contributed by atoms with Crippen molar-refractivity contribution in [1.29, 1.82) is 0 Å². The van der Waals surface area contributed by atoms with Gasteiger partial charge < -0.3 is 14.8 Å². The van der Waals surface area contributed by atoms with Gasteiger partial charge in [-0.3, -0.25) is 0 Å². The molecule has 0 aliphatic heterocycles. The van der Waals surface area contributed by atoms with Crippen molar-refractivity contribution in [3.63, 3.8) is 0 Å². The number of likely N-dealkylation sites (N-methyl/N-ethyl adjacent to an activating group) is 1. The monoisotopic (exact) mass is 337 g/mol. The second kappa shape index (κ2) is 9.15. The van der Waals surface area contributed by atoms with Crippen molar-refractivity contribution in [2.75, 3.05) is 33.1 Å². The molecule has 0 atom stereocenters. The standard InChI is InChI=1S/C15H22F3NO2S/c1-4-19-7-5-11-9-13(21-3)14(10-12(11)20-2)22-8-6-15(16,17)18/h9-10,19H,4-8H2,1-3H3. The van der Waals surface area contributed by atoms with Crippen molar-refractivity contribution in [3.8, 4) is 11.5 Å². The van der Waals surface area contributed by atoms with E-state index in [1.54, 1.807) is 13.2 Å². The molecule has 0 amide bonds. The molecule has 22 heavy (non-hydrogen) atoms. The highest BCUT2D eigenvalue weighted by atomic mass is 32.2. The molecule has 3 nitrogen and oxygen atoms in total. The van der Waals surface area contributed by atoms with Crippen LogP contribution in [0.2, 0.25) is 0 Å². The molecule has 0 aliphatic carbocycles. The molecule has 1 aromatic rings. The van der Waals surface area contributed by atoms with Crippen LogP contribution in [0, 0.1) is 0 Å². The van der Waals surface area contributed by atoms with Crippen LogP contribution in [0.1, 0.15) is 18.9 Å². The van der Waals surface area contributed by atoms with E-state index in [2.05, 4.69) is 5.32 Å². The normalized spacial score (nSPS) is 11.5. The largest absolute Gasteiger partial charge is 0.496 e. The number of benzene rings is 1. The quantitative estimate of drug-likeness (QED) is 0.547. The average molecular weight is 337 g/mol. The van der Waals surface area contributed by atoms with Gasteiger partial charge in [0.1, 0.15) is 11.5 Å². The topological polar surface area (TPSA) is 30.5 Å². The van der Waals surface area contributed by atoms with Gasteiger partial charge in [-0.05, 0) is 37.2 Å². The van der Waals surface area contributed by atoms with Gasteiger partial charge in [0, 0.05) is 5.75 Å². The Morgan fingerprint density at radius 3 is 2.36 bits per heavy atom. The molecule has 0 fully saturated rings. The van der Waals surface area contributed by atoms with Crippen molar-refractivity contribution in [2.45, 2.75) is 30.8 Å². The summed E-state index contributed by atoms with van der Waals surface area (Å²) in [4.78, 5) is 0.663. The SMILES string of the molecule is CCNCCc1cc(OC)c(SCCC(F)(F)F)cc1OC. The van der Waals surface area contributed by atoms with E-state index in [1.807, 2.05) is 13.0 Å². The smallest absolute Gasteiger partial charge is 0.389 e. The Morgan fingerprint density at radius 1 is 1.14 bits per heavy atom. The average Bonchev–Trinajstić information content (AvgIpc) is 2.46. The fourth-order valence-corrected chi connectivity index (χ4v) is 2.95. The molecule has 1 N–H and O–H groups in total. The molecule has 0 saturated carbocycles. The zero-order chi connectivity index (χ0) is 16.6. The third-order valence-corrected chi connectivity index (χ3v) is 4.07. The molecule has 0 saturated heterocycles. The maximum atomic E-state index is 12.2. The summed E-state index contributed by atoms with van der Waals surface area (Å²) in [5.41, 5.74) is 0.973. The second-order valence-corrected chi connectivity index (χ2v) is 5.77. The molecular weight excluding hydrogens is 315 g/mol. The molecule has 0 aliphatic rings. The van der Waals surface area contributed by atoms with E-state index in [1.165, 1.54) is 7.11 Å². The van der Waals surface area contributed by atoms with E-state index >= 15 is 0 Å². The Balaban J connectivity index is 2.84. The van der Waals surface area contributed by atoms with Crippen molar-refractivity contribution in [2.24, 2.45) is 0 Å². The first kappa shape index (κ1) is 19.0. The van der Waals surface area contributed by atoms with E-state index in [-0.39, 0.29) is 5.75 Å². The summed E-state index contributed by atoms with van der Waals surface area (Å²) in [6, 6.07) is 3.59. The van der Waals surface area contributed by atoms with Gasteiger partial charge in [-0.15, -0.1) is 11.8 Å². The van der Waals surface area contributed by atoms with E-state index in [4.69, 9.17) is 9.47 Å². The molecule has 0 spiro atoms. The van der Waals surface area contributed by atoms with Gasteiger partial charge >= 0.3 is 6.18 Å². The Hall–Kier alpha value is -1.08. The zero-order valence-corrected chi connectivity index (χ0v) is 13.9. The first-order chi connectivity index (χ1) is 10.4. The number of halogens is 3. The number of alkyl halides is 3. The summed E-state index contributed by atoms with van der Waals surface area (Å²) in [5, 5.41) is 3.22. The highest BCUT2D eigenvalue weighted by Crippen LogP contribution is 2.37. The number of hydrogen-bond donors (Lipinski definition) is 1.